The van der Waals surface area contributed by atoms with Crippen molar-refractivity contribution < 1.29 is 9.18 Å². The van der Waals surface area contributed by atoms with Gasteiger partial charge in [0.05, 0.1) is 10.7 Å². The summed E-state index contributed by atoms with van der Waals surface area (Å²) >= 11 is 7.92. The van der Waals surface area contributed by atoms with Gasteiger partial charge < -0.3 is 5.32 Å². The highest BCUT2D eigenvalue weighted by Gasteiger charge is 2.24. The average Bonchev–Trinajstić information content (AvgIpc) is 2.70. The van der Waals surface area contributed by atoms with Crippen molar-refractivity contribution in [1.29, 1.82) is 0 Å². The Labute approximate surface area is 133 Å². The first-order valence-corrected chi connectivity index (χ1v) is 7.29. The van der Waals surface area contributed by atoms with E-state index < -0.39 is 5.82 Å². The molecule has 0 unspecified atom stereocenters. The van der Waals surface area contributed by atoms with Gasteiger partial charge in [-0.1, -0.05) is 29.8 Å². The van der Waals surface area contributed by atoms with E-state index >= 15 is 0 Å². The molecule has 1 heterocycles. The monoisotopic (exact) mass is 399 g/mol. The molecule has 0 aliphatic carbocycles. The van der Waals surface area contributed by atoms with Crippen LogP contribution in [0.25, 0.3) is 11.6 Å². The third-order valence-corrected chi connectivity index (χ3v) is 4.01. The molecule has 0 saturated heterocycles. The third kappa shape index (κ3) is 2.33. The molecule has 0 fully saturated rings. The van der Waals surface area contributed by atoms with Crippen molar-refractivity contribution in [1.82, 2.24) is 0 Å². The summed E-state index contributed by atoms with van der Waals surface area (Å²) in [6.07, 6.45) is 1.52. The molecule has 100 valence electrons. The van der Waals surface area contributed by atoms with Gasteiger partial charge in [0.1, 0.15) is 5.82 Å². The molecule has 0 radical (unpaired) electrons. The topological polar surface area (TPSA) is 29.1 Å². The van der Waals surface area contributed by atoms with E-state index in [0.29, 0.717) is 11.1 Å². The fraction of sp³-hybridized carbons (Fsp3) is 0. The summed E-state index contributed by atoms with van der Waals surface area (Å²) in [5.41, 5.74) is 2.26. The van der Waals surface area contributed by atoms with Crippen molar-refractivity contribution in [2.45, 2.75) is 0 Å². The van der Waals surface area contributed by atoms with E-state index in [0.717, 1.165) is 14.8 Å². The molecule has 5 heteroatoms. The molecule has 2 nitrogen and oxygen atoms in total. The van der Waals surface area contributed by atoms with E-state index in [2.05, 4.69) is 27.9 Å². The van der Waals surface area contributed by atoms with Crippen LogP contribution in [0.15, 0.2) is 36.4 Å². The SMILES string of the molecule is O=C1Nc2cc(I)ccc2/C1=C\c1cccc(Cl)c1F. The molecule has 20 heavy (non-hydrogen) atoms. The van der Waals surface area contributed by atoms with Crippen molar-refractivity contribution in [3.63, 3.8) is 0 Å². The number of hydrogen-bond acceptors (Lipinski definition) is 1. The van der Waals surface area contributed by atoms with Crippen LogP contribution in [0.3, 0.4) is 0 Å². The van der Waals surface area contributed by atoms with E-state index in [-0.39, 0.29) is 10.9 Å². The van der Waals surface area contributed by atoms with Crippen LogP contribution >= 0.6 is 34.2 Å². The quantitative estimate of drug-likeness (QED) is 0.552. The highest BCUT2D eigenvalue weighted by atomic mass is 127. The van der Waals surface area contributed by atoms with E-state index in [4.69, 9.17) is 11.6 Å². The summed E-state index contributed by atoms with van der Waals surface area (Å²) in [6, 6.07) is 10.4. The predicted molar refractivity (Wildman–Crippen MR) is 87.1 cm³/mol. The van der Waals surface area contributed by atoms with Crippen LogP contribution in [0.5, 0.6) is 0 Å². The summed E-state index contributed by atoms with van der Waals surface area (Å²) in [5, 5.41) is 2.82. The Hall–Kier alpha value is -1.40. The van der Waals surface area contributed by atoms with E-state index in [1.807, 2.05) is 18.2 Å². The summed E-state index contributed by atoms with van der Waals surface area (Å²) in [6.45, 7) is 0. The lowest BCUT2D eigenvalue weighted by Gasteiger charge is -2.01. The number of fused-ring (bicyclic) bond motifs is 1. The molecule has 1 aliphatic rings. The third-order valence-electron chi connectivity index (χ3n) is 3.05. The van der Waals surface area contributed by atoms with Crippen LogP contribution in [0, 0.1) is 9.39 Å². The highest BCUT2D eigenvalue weighted by molar-refractivity contribution is 14.1. The Morgan fingerprint density at radius 3 is 2.85 bits per heavy atom. The van der Waals surface area contributed by atoms with Gasteiger partial charge in [-0.05, 0) is 46.9 Å². The molecule has 1 amide bonds. The maximum Gasteiger partial charge on any atom is 0.256 e. The van der Waals surface area contributed by atoms with Crippen molar-refractivity contribution in [3.05, 3.63) is 61.9 Å². The van der Waals surface area contributed by atoms with Gasteiger partial charge in [0, 0.05) is 20.3 Å². The van der Waals surface area contributed by atoms with Gasteiger partial charge in [-0.3, -0.25) is 4.79 Å². The minimum absolute atomic E-state index is 0.0422. The van der Waals surface area contributed by atoms with Crippen LogP contribution in [-0.2, 0) is 4.79 Å². The average molecular weight is 400 g/mol. The maximum atomic E-state index is 13.9. The second kappa shape index (κ2) is 5.18. The molecule has 2 aromatic rings. The number of benzene rings is 2. The van der Waals surface area contributed by atoms with Gasteiger partial charge >= 0.3 is 0 Å². The number of halogens is 3. The van der Waals surface area contributed by atoms with E-state index in [1.165, 1.54) is 12.1 Å². The standard InChI is InChI=1S/C15H8ClFINO/c16-12-3-1-2-8(14(12)17)6-11-10-5-4-9(18)7-13(10)19-15(11)20/h1-7H,(H,19,20)/b11-6+. The lowest BCUT2D eigenvalue weighted by molar-refractivity contribution is -0.110. The number of carbonyl (C=O) groups is 1. The number of nitrogens with one attached hydrogen (secondary N) is 1. The molecule has 0 spiro atoms. The van der Waals surface area contributed by atoms with Crippen molar-refractivity contribution in [3.8, 4) is 0 Å². The number of rotatable bonds is 1. The Kier molecular flexibility index (Phi) is 3.52. The predicted octanol–water partition coefficient (Wildman–Crippen LogP) is 4.58. The Bertz CT molecular complexity index is 758. The van der Waals surface area contributed by atoms with Gasteiger partial charge in [-0.15, -0.1) is 0 Å². The van der Waals surface area contributed by atoms with Gasteiger partial charge in [-0.25, -0.2) is 4.39 Å². The van der Waals surface area contributed by atoms with Crippen LogP contribution in [-0.4, -0.2) is 5.91 Å². The number of anilines is 1. The summed E-state index contributed by atoms with van der Waals surface area (Å²) in [7, 11) is 0. The van der Waals surface area contributed by atoms with E-state index in [9.17, 15) is 9.18 Å². The molecule has 0 saturated carbocycles. The fourth-order valence-electron chi connectivity index (χ4n) is 2.10. The largest absolute Gasteiger partial charge is 0.321 e. The second-order valence-electron chi connectivity index (χ2n) is 4.35. The van der Waals surface area contributed by atoms with Crippen LogP contribution in [0.2, 0.25) is 5.02 Å². The maximum absolute atomic E-state index is 13.9. The number of amides is 1. The van der Waals surface area contributed by atoms with E-state index in [1.54, 1.807) is 12.1 Å². The number of carbonyl (C=O) groups excluding carboxylic acids is 1. The summed E-state index contributed by atoms with van der Waals surface area (Å²) in [4.78, 5) is 12.0. The Morgan fingerprint density at radius 1 is 1.25 bits per heavy atom. The second-order valence-corrected chi connectivity index (χ2v) is 6.00. The Balaban J connectivity index is 2.14. The zero-order valence-electron chi connectivity index (χ0n) is 10.1. The van der Waals surface area contributed by atoms with Crippen LogP contribution in [0.1, 0.15) is 11.1 Å². The lowest BCUT2D eigenvalue weighted by atomic mass is 10.0. The van der Waals surface area contributed by atoms with Crippen LogP contribution in [0.4, 0.5) is 10.1 Å². The molecular weight excluding hydrogens is 392 g/mol. The molecule has 1 aliphatic heterocycles. The molecule has 3 rings (SSSR count). The van der Waals surface area contributed by atoms with Crippen molar-refractivity contribution >= 4 is 57.4 Å². The Morgan fingerprint density at radius 2 is 2.05 bits per heavy atom. The normalized spacial score (nSPS) is 15.3. The minimum Gasteiger partial charge on any atom is -0.321 e. The zero-order chi connectivity index (χ0) is 14.3. The summed E-state index contributed by atoms with van der Waals surface area (Å²) < 4.78 is 14.9. The van der Waals surface area contributed by atoms with Crippen molar-refractivity contribution in [2.75, 3.05) is 5.32 Å². The molecular formula is C15H8ClFINO. The summed E-state index contributed by atoms with van der Waals surface area (Å²) in [5.74, 6) is -0.755. The minimum atomic E-state index is -0.520. The van der Waals surface area contributed by atoms with Crippen LogP contribution < -0.4 is 5.32 Å². The molecule has 0 aromatic heterocycles. The van der Waals surface area contributed by atoms with Gasteiger partial charge in [0.25, 0.3) is 5.91 Å². The first-order valence-electron chi connectivity index (χ1n) is 5.83. The first-order chi connectivity index (χ1) is 9.56. The lowest BCUT2D eigenvalue weighted by Crippen LogP contribution is -2.03. The number of hydrogen-bond donors (Lipinski definition) is 1. The first kappa shape index (κ1) is 13.6. The van der Waals surface area contributed by atoms with Gasteiger partial charge in [0.15, 0.2) is 0 Å². The molecule has 1 N–H and O–H groups in total. The van der Waals surface area contributed by atoms with Crippen molar-refractivity contribution in [2.24, 2.45) is 0 Å². The molecule has 0 atom stereocenters. The highest BCUT2D eigenvalue weighted by Crippen LogP contribution is 2.34. The molecule has 2 aromatic carbocycles. The fourth-order valence-corrected chi connectivity index (χ4v) is 2.77. The smallest absolute Gasteiger partial charge is 0.256 e. The molecule has 0 bridgehead atoms. The van der Waals surface area contributed by atoms with Gasteiger partial charge in [-0.2, -0.15) is 0 Å². The zero-order valence-corrected chi connectivity index (χ0v) is 13.0. The van der Waals surface area contributed by atoms with Gasteiger partial charge in [0.2, 0.25) is 0 Å².